The van der Waals surface area contributed by atoms with Crippen LogP contribution in [0, 0.1) is 15.9 Å². The van der Waals surface area contributed by atoms with Gasteiger partial charge in [-0.15, -0.1) is 0 Å². The van der Waals surface area contributed by atoms with E-state index >= 15 is 0 Å². The number of halogens is 1. The van der Waals surface area contributed by atoms with Crippen LogP contribution in [0.4, 0.5) is 10.1 Å². The van der Waals surface area contributed by atoms with Crippen LogP contribution in [-0.4, -0.2) is 28.0 Å². The number of rotatable bonds is 6. The molecule has 0 aliphatic heterocycles. The molecule has 1 aromatic heterocycles. The summed E-state index contributed by atoms with van der Waals surface area (Å²) in [5, 5.41) is 11.1. The quantitative estimate of drug-likeness (QED) is 0.348. The maximum atomic E-state index is 13.0. The zero-order valence-electron chi connectivity index (χ0n) is 15.3. The van der Waals surface area contributed by atoms with E-state index in [9.17, 15) is 24.1 Å². The van der Waals surface area contributed by atoms with Gasteiger partial charge >= 0.3 is 5.97 Å². The second kappa shape index (κ2) is 8.74. The van der Waals surface area contributed by atoms with Gasteiger partial charge in [-0.05, 0) is 30.7 Å². The number of nitrogens with zero attached hydrogens (tertiary/aromatic N) is 3. The molecule has 0 saturated carbocycles. The Morgan fingerprint density at radius 1 is 1.24 bits per heavy atom. The summed E-state index contributed by atoms with van der Waals surface area (Å²) in [6.07, 6.45) is -0.0475. The van der Waals surface area contributed by atoms with E-state index in [1.54, 1.807) is 13.0 Å². The van der Waals surface area contributed by atoms with E-state index in [1.807, 2.05) is 0 Å². The second-order valence-corrected chi connectivity index (χ2v) is 7.00. The largest absolute Gasteiger partial charge is 0.465 e. The number of hydrogen-bond acceptors (Lipinski definition) is 6. The zero-order chi connectivity index (χ0) is 21.0. The van der Waals surface area contributed by atoms with E-state index in [0.717, 1.165) is 11.3 Å². The summed E-state index contributed by atoms with van der Waals surface area (Å²) in [6.45, 7) is 1.60. The van der Waals surface area contributed by atoms with Crippen molar-refractivity contribution in [2.24, 2.45) is 4.99 Å². The third kappa shape index (κ3) is 4.91. The molecule has 0 saturated heterocycles. The number of benzene rings is 2. The fourth-order valence-corrected chi connectivity index (χ4v) is 3.69. The van der Waals surface area contributed by atoms with Crippen molar-refractivity contribution in [1.82, 2.24) is 4.57 Å². The van der Waals surface area contributed by atoms with Crippen molar-refractivity contribution < 1.29 is 23.6 Å². The summed E-state index contributed by atoms with van der Waals surface area (Å²) in [7, 11) is 0. The molecule has 2 aromatic carbocycles. The summed E-state index contributed by atoms with van der Waals surface area (Å²) in [5.74, 6) is -1.45. The lowest BCUT2D eigenvalue weighted by Crippen LogP contribution is -2.23. The zero-order valence-corrected chi connectivity index (χ0v) is 16.1. The molecule has 1 amide bonds. The Bertz CT molecular complexity index is 1150. The number of hydrogen-bond donors (Lipinski definition) is 0. The number of ether oxygens (including phenoxy) is 1. The van der Waals surface area contributed by atoms with Gasteiger partial charge < -0.3 is 9.30 Å². The van der Waals surface area contributed by atoms with Crippen molar-refractivity contribution in [2.75, 3.05) is 6.61 Å². The van der Waals surface area contributed by atoms with Gasteiger partial charge in [0.15, 0.2) is 4.80 Å². The van der Waals surface area contributed by atoms with Crippen molar-refractivity contribution in [2.45, 2.75) is 19.9 Å². The van der Waals surface area contributed by atoms with Crippen LogP contribution in [0.1, 0.15) is 12.5 Å². The highest BCUT2D eigenvalue weighted by Crippen LogP contribution is 2.23. The molecule has 0 unspecified atom stereocenters. The van der Waals surface area contributed by atoms with Gasteiger partial charge in [-0.25, -0.2) is 4.39 Å². The van der Waals surface area contributed by atoms with Crippen molar-refractivity contribution in [1.29, 1.82) is 0 Å². The van der Waals surface area contributed by atoms with Crippen molar-refractivity contribution in [3.63, 3.8) is 0 Å². The number of non-ortho nitro benzene ring substituents is 1. The third-order valence-electron chi connectivity index (χ3n) is 3.96. The predicted octanol–water partition coefficient (Wildman–Crippen LogP) is 2.98. The summed E-state index contributed by atoms with van der Waals surface area (Å²) in [5.41, 5.74) is 0.858. The lowest BCUT2D eigenvalue weighted by atomic mass is 10.1. The Balaban J connectivity index is 2.03. The molecular formula is C19H16FN3O5S. The first kappa shape index (κ1) is 20.3. The highest BCUT2D eigenvalue weighted by Gasteiger charge is 2.16. The Morgan fingerprint density at radius 2 is 1.97 bits per heavy atom. The summed E-state index contributed by atoms with van der Waals surface area (Å²) >= 11 is 1.13. The average molecular weight is 417 g/mol. The topological polar surface area (TPSA) is 104 Å². The van der Waals surface area contributed by atoms with Gasteiger partial charge in [0.25, 0.3) is 11.6 Å². The van der Waals surface area contributed by atoms with Crippen LogP contribution < -0.4 is 4.80 Å². The van der Waals surface area contributed by atoms with Gasteiger partial charge in [-0.2, -0.15) is 4.99 Å². The molecule has 29 heavy (non-hydrogen) atoms. The molecule has 0 fully saturated rings. The van der Waals surface area contributed by atoms with E-state index in [0.29, 0.717) is 15.8 Å². The Kier molecular flexibility index (Phi) is 6.13. The first-order chi connectivity index (χ1) is 13.9. The average Bonchev–Trinajstić information content (AvgIpc) is 3.00. The monoisotopic (exact) mass is 417 g/mol. The number of carbonyl (C=O) groups is 2. The molecule has 8 nitrogen and oxygen atoms in total. The Labute approximate surface area is 168 Å². The van der Waals surface area contributed by atoms with E-state index in [4.69, 9.17) is 4.74 Å². The van der Waals surface area contributed by atoms with Crippen LogP contribution in [0.5, 0.6) is 0 Å². The third-order valence-corrected chi connectivity index (χ3v) is 5.02. The fourth-order valence-electron chi connectivity index (χ4n) is 2.67. The van der Waals surface area contributed by atoms with Crippen LogP contribution in [0.25, 0.3) is 10.2 Å². The number of esters is 1. The van der Waals surface area contributed by atoms with Gasteiger partial charge in [0, 0.05) is 12.1 Å². The SMILES string of the molecule is CCOC(=O)Cn1c(=NC(=O)Cc2ccc(F)cc2)sc2ccc([N+](=O)[O-])cc21. The first-order valence-electron chi connectivity index (χ1n) is 8.62. The molecule has 3 rings (SSSR count). The molecule has 0 bridgehead atoms. The van der Waals surface area contributed by atoms with E-state index in [2.05, 4.69) is 4.99 Å². The lowest BCUT2D eigenvalue weighted by Gasteiger charge is -2.05. The molecule has 0 atom stereocenters. The molecule has 0 aliphatic rings. The second-order valence-electron chi connectivity index (χ2n) is 5.99. The minimum absolute atomic E-state index is 0.0475. The molecule has 1 heterocycles. The number of fused-ring (bicyclic) bond motifs is 1. The smallest absolute Gasteiger partial charge is 0.326 e. The van der Waals surface area contributed by atoms with Crippen molar-refractivity contribution in [3.05, 3.63) is 68.8 Å². The molecule has 10 heteroatoms. The van der Waals surface area contributed by atoms with E-state index in [1.165, 1.54) is 41.0 Å². The summed E-state index contributed by atoms with van der Waals surface area (Å²) in [6, 6.07) is 9.70. The van der Waals surface area contributed by atoms with Crippen LogP contribution in [0.15, 0.2) is 47.5 Å². The number of aromatic nitrogens is 1. The highest BCUT2D eigenvalue weighted by atomic mass is 32.1. The van der Waals surface area contributed by atoms with Crippen LogP contribution in [0.2, 0.25) is 0 Å². The maximum absolute atomic E-state index is 13.0. The van der Waals surface area contributed by atoms with Gasteiger partial charge in [0.2, 0.25) is 0 Å². The first-order valence-corrected chi connectivity index (χ1v) is 9.44. The standard InChI is InChI=1S/C19H16FN3O5S/c1-2-28-18(25)11-22-15-10-14(23(26)27)7-8-16(15)29-19(22)21-17(24)9-12-3-5-13(20)6-4-12/h3-8,10H,2,9,11H2,1H3. The van der Waals surface area contributed by atoms with Gasteiger partial charge in [0.1, 0.15) is 12.4 Å². The predicted molar refractivity (Wildman–Crippen MR) is 104 cm³/mol. The Hall–Kier alpha value is -3.40. The molecule has 0 N–H and O–H groups in total. The number of nitro benzene ring substituents is 1. The minimum atomic E-state index is -0.550. The summed E-state index contributed by atoms with van der Waals surface area (Å²) < 4.78 is 20.0. The molecule has 0 radical (unpaired) electrons. The van der Waals surface area contributed by atoms with Crippen LogP contribution in [-0.2, 0) is 27.3 Å². The molecular weight excluding hydrogens is 401 g/mol. The summed E-state index contributed by atoms with van der Waals surface area (Å²) in [4.78, 5) is 39.2. The Morgan fingerprint density at radius 3 is 2.62 bits per heavy atom. The van der Waals surface area contributed by atoms with E-state index in [-0.39, 0.29) is 30.1 Å². The van der Waals surface area contributed by atoms with Crippen molar-refractivity contribution >= 4 is 39.1 Å². The van der Waals surface area contributed by atoms with Gasteiger partial charge in [0.05, 0.1) is 28.2 Å². The van der Waals surface area contributed by atoms with Gasteiger partial charge in [-0.3, -0.25) is 19.7 Å². The molecule has 0 spiro atoms. The van der Waals surface area contributed by atoms with Gasteiger partial charge in [-0.1, -0.05) is 23.5 Å². The van der Waals surface area contributed by atoms with Crippen LogP contribution >= 0.6 is 11.3 Å². The number of carbonyl (C=O) groups excluding carboxylic acids is 2. The van der Waals surface area contributed by atoms with Crippen LogP contribution in [0.3, 0.4) is 0 Å². The van der Waals surface area contributed by atoms with Crippen molar-refractivity contribution in [3.8, 4) is 0 Å². The van der Waals surface area contributed by atoms with E-state index < -0.39 is 22.6 Å². The number of nitro groups is 1. The minimum Gasteiger partial charge on any atom is -0.465 e. The molecule has 0 aliphatic carbocycles. The normalized spacial score (nSPS) is 11.6. The number of amides is 1. The lowest BCUT2D eigenvalue weighted by molar-refractivity contribution is -0.384. The maximum Gasteiger partial charge on any atom is 0.326 e. The highest BCUT2D eigenvalue weighted by molar-refractivity contribution is 7.16. The molecule has 150 valence electrons. The number of thiazole rings is 1. The molecule has 3 aromatic rings. The fraction of sp³-hybridized carbons (Fsp3) is 0.211.